The number of carbonyl (C=O) groups is 1. The summed E-state index contributed by atoms with van der Waals surface area (Å²) in [5.41, 5.74) is 23.8. The largest absolute Gasteiger partial charge is 0.399 e. The summed E-state index contributed by atoms with van der Waals surface area (Å²) >= 11 is 0. The van der Waals surface area contributed by atoms with Crippen LogP contribution in [-0.2, 0) is 17.6 Å². The number of para-hydroxylation sites is 5. The van der Waals surface area contributed by atoms with E-state index < -0.39 is 19.7 Å². The van der Waals surface area contributed by atoms with Crippen LogP contribution in [0.4, 0.5) is 91.0 Å². The molecule has 18 N–H and O–H groups in total. The summed E-state index contributed by atoms with van der Waals surface area (Å²) in [6, 6.07) is 45.6. The molecule has 7 aromatic carbocycles. The van der Waals surface area contributed by atoms with Gasteiger partial charge in [0, 0.05) is 156 Å². The third-order valence-electron chi connectivity index (χ3n) is 23.1. The van der Waals surface area contributed by atoms with Crippen molar-refractivity contribution < 1.29 is 65.0 Å². The zero-order valence-corrected chi connectivity index (χ0v) is 83.7. The summed E-state index contributed by atoms with van der Waals surface area (Å²) in [5, 5.41) is 138. The van der Waals surface area contributed by atoms with Crippen LogP contribution in [0.1, 0.15) is 180 Å². The van der Waals surface area contributed by atoms with Crippen molar-refractivity contribution in [3.8, 4) is 0 Å². The van der Waals surface area contributed by atoms with Crippen LogP contribution in [0.5, 0.6) is 0 Å². The standard InChI is InChI=1S/C23H23N3O3.C16H28N4O4.C16H28N4O2.C16H27N3O4.C16H27N3O2.C15H26N4O4/c27-21(11-5-4-7-18-8-6-14-24-17-18)15-19-12-13-22(23(16-19)26(28)29)25-20-9-2-1-3-10-20;17-14-5-6-15(16(13-14)20(23)24)18-7-3-1-2-4-8-19(9-11-21)10-12-22;1-3-19(4-2)12-8-6-5-7-11-18-15-10-9-14(17)13-16(15)20(21)22;20-13-11-18(12-14-21)10-6-2-1-5-9-17-15-7-3-4-8-16(15)19(22)23;1-3-18(4-2)14-10-6-5-9-13-17-15-11-7-8-12-16(15)19(20)21;16-13-4-5-14(15(12-13)19(22)23)17-6-2-1-3-7-18(8-10-20)9-11-21/h1-3,6,8-10,12-14,16-17,25H,4-5,7,11,15H2;5-6,13,18,21-22H,1-4,7-12,17H2;9-10,13,18H,3-8,11-12,17H2,1-2H3;3-4,7-8,17,20-21H,1-2,5-6,9-14H2;7-8,11-12,17H,3-6,9-10,13-14H2,1-2H3;4-5,12,17,20-21H,1-3,6-11,16H2. The molecule has 0 radical (unpaired) electrons. The minimum atomic E-state index is -0.444. The normalized spacial score (nSPS) is 10.8. The lowest BCUT2D eigenvalue weighted by Crippen LogP contribution is -2.30. The molecule has 40 nitrogen and oxygen atoms in total. The lowest BCUT2D eigenvalue weighted by atomic mass is 10.0. The molecule has 0 fully saturated rings. The van der Waals surface area contributed by atoms with Crippen LogP contribution >= 0.6 is 0 Å². The third kappa shape index (κ3) is 55.7. The summed E-state index contributed by atoms with van der Waals surface area (Å²) < 4.78 is 0. The molecule has 0 aliphatic rings. The zero-order chi connectivity index (χ0) is 104. The number of nitro groups is 6. The molecule has 0 unspecified atom stereocenters. The Morgan fingerprint density at radius 2 is 0.599 bits per heavy atom. The number of nitrogen functional groups attached to an aromatic ring is 3. The Bertz CT molecular complexity index is 4750. The van der Waals surface area contributed by atoms with Crippen molar-refractivity contribution in [2.45, 2.75) is 182 Å². The van der Waals surface area contributed by atoms with Gasteiger partial charge in [0.2, 0.25) is 0 Å². The Balaban J connectivity index is 0.000000440. The number of nitro benzene ring substituents is 6. The molecule has 1 heterocycles. The molecule has 1 aromatic heterocycles. The number of anilines is 10. The van der Waals surface area contributed by atoms with Gasteiger partial charge in [-0.3, -0.25) is 85.2 Å². The van der Waals surface area contributed by atoms with Crippen molar-refractivity contribution in [1.29, 1.82) is 0 Å². The van der Waals surface area contributed by atoms with E-state index in [1.807, 2.05) is 69.4 Å². The quantitative estimate of drug-likeness (QED) is 0.00728. The van der Waals surface area contributed by atoms with Crippen LogP contribution in [0.15, 0.2) is 176 Å². The van der Waals surface area contributed by atoms with E-state index in [0.717, 1.165) is 192 Å². The van der Waals surface area contributed by atoms with E-state index in [0.29, 0.717) is 122 Å². The second-order valence-corrected chi connectivity index (χ2v) is 33.8. The highest BCUT2D eigenvalue weighted by Gasteiger charge is 2.21. The maximum Gasteiger partial charge on any atom is 0.294 e. The fourth-order valence-corrected chi connectivity index (χ4v) is 15.2. The molecule has 40 heteroatoms. The molecule has 142 heavy (non-hydrogen) atoms. The van der Waals surface area contributed by atoms with Gasteiger partial charge in [0.05, 0.1) is 69.2 Å². The number of pyridine rings is 1. The van der Waals surface area contributed by atoms with Crippen LogP contribution in [0, 0.1) is 60.7 Å². The number of nitrogens with two attached hydrogens (primary N) is 3. The first-order valence-electron chi connectivity index (χ1n) is 49.8. The molecular formula is C102H159N21O19. The Morgan fingerprint density at radius 1 is 0.303 bits per heavy atom. The average molecular weight is 1980 g/mol. The second kappa shape index (κ2) is 78.2. The van der Waals surface area contributed by atoms with Gasteiger partial charge < -0.3 is 89.5 Å². The van der Waals surface area contributed by atoms with Gasteiger partial charge in [0.25, 0.3) is 34.1 Å². The fourth-order valence-electron chi connectivity index (χ4n) is 15.2. The number of hydrogen-bond donors (Lipinski definition) is 15. The van der Waals surface area contributed by atoms with Crippen LogP contribution in [0.3, 0.4) is 0 Å². The zero-order valence-electron chi connectivity index (χ0n) is 83.7. The van der Waals surface area contributed by atoms with E-state index in [2.05, 4.69) is 74.4 Å². The minimum absolute atomic E-state index is 0.00125. The van der Waals surface area contributed by atoms with Crippen molar-refractivity contribution in [2.75, 3.05) is 220 Å². The van der Waals surface area contributed by atoms with Crippen LogP contribution in [0.2, 0.25) is 0 Å². The number of Topliss-reactive ketones (excluding diaryl/α,β-unsaturated/α-hetero) is 1. The number of aliphatic hydroxyl groups is 6. The fraction of sp³-hybridized carbons (Fsp3) is 0.529. The van der Waals surface area contributed by atoms with Crippen LogP contribution in [-0.4, -0.2) is 266 Å². The number of ketones is 1. The van der Waals surface area contributed by atoms with Gasteiger partial charge in [0.15, 0.2) is 0 Å². The van der Waals surface area contributed by atoms with Crippen molar-refractivity contribution in [2.24, 2.45) is 0 Å². The lowest BCUT2D eigenvalue weighted by Gasteiger charge is -2.19. The Kier molecular flexibility index (Phi) is 68.1. The number of rotatable bonds is 70. The maximum absolute atomic E-state index is 12.3. The Labute approximate surface area is 836 Å². The van der Waals surface area contributed by atoms with Crippen LogP contribution < -0.4 is 49.1 Å². The highest BCUT2D eigenvalue weighted by molar-refractivity contribution is 5.82. The summed E-state index contributed by atoms with van der Waals surface area (Å²) in [6.45, 7) is 25.8. The van der Waals surface area contributed by atoms with E-state index >= 15 is 0 Å². The molecule has 0 aliphatic carbocycles. The number of benzene rings is 7. The molecule has 786 valence electrons. The lowest BCUT2D eigenvalue weighted by molar-refractivity contribution is -0.384. The highest BCUT2D eigenvalue weighted by atomic mass is 16.6. The summed E-state index contributed by atoms with van der Waals surface area (Å²) in [5.74, 6) is 0.0919. The van der Waals surface area contributed by atoms with Crippen molar-refractivity contribution in [3.05, 3.63) is 248 Å². The third-order valence-corrected chi connectivity index (χ3v) is 23.1. The Morgan fingerprint density at radius 3 is 0.915 bits per heavy atom. The molecule has 8 rings (SSSR count). The van der Waals surface area contributed by atoms with Gasteiger partial charge in [-0.1, -0.05) is 140 Å². The van der Waals surface area contributed by atoms with E-state index in [1.165, 1.54) is 68.6 Å². The van der Waals surface area contributed by atoms with E-state index in [1.54, 1.807) is 85.1 Å². The Hall–Kier alpha value is -12.5. The summed E-state index contributed by atoms with van der Waals surface area (Å²) in [4.78, 5) is 91.1. The first-order chi connectivity index (χ1) is 68.7. The summed E-state index contributed by atoms with van der Waals surface area (Å²) in [6.07, 6.45) is 26.9. The number of nitrogens with one attached hydrogen (secondary N) is 6. The number of aliphatic hydroxyl groups excluding tert-OH is 6. The SMILES string of the molecule is CCN(CC)CCCCCCNc1ccc(N)cc1[N+](=O)[O-].CCN(CC)CCCCCCNc1ccccc1[N+](=O)[O-].Nc1ccc(NCCCCCCN(CCO)CCO)c([N+](=O)[O-])c1.Nc1ccc(NCCCCCN(CCO)CCO)c([N+](=O)[O-])c1.O=C(CCCCc1cccnc1)Cc1ccc(Nc2ccccc2)c([N+](=O)[O-])c1.O=[N+]([O-])c1ccccc1NCCCCCCN(CCO)CCO. The van der Waals surface area contributed by atoms with Gasteiger partial charge in [-0.15, -0.1) is 0 Å². The molecule has 0 saturated carbocycles. The molecule has 8 aromatic rings. The maximum atomic E-state index is 12.3. The van der Waals surface area contributed by atoms with E-state index in [-0.39, 0.29) is 95.8 Å². The molecule has 0 saturated heterocycles. The van der Waals surface area contributed by atoms with Gasteiger partial charge >= 0.3 is 0 Å². The smallest absolute Gasteiger partial charge is 0.294 e. The number of unbranched alkanes of at least 4 members (excludes halogenated alkanes) is 15. The minimum Gasteiger partial charge on any atom is -0.399 e. The number of nitrogens with zero attached hydrogens (tertiary/aromatic N) is 12. The van der Waals surface area contributed by atoms with Crippen molar-refractivity contribution in [1.82, 2.24) is 29.5 Å². The first-order valence-corrected chi connectivity index (χ1v) is 49.8. The van der Waals surface area contributed by atoms with E-state index in [4.69, 9.17) is 47.8 Å². The van der Waals surface area contributed by atoms with Gasteiger partial charge in [-0.2, -0.15) is 0 Å². The molecule has 0 atom stereocenters. The number of hydrogen-bond acceptors (Lipinski definition) is 34. The summed E-state index contributed by atoms with van der Waals surface area (Å²) in [7, 11) is 0. The number of carbonyl (C=O) groups excluding carboxylic acids is 1. The average Bonchev–Trinajstić information content (AvgIpc) is 0.835. The van der Waals surface area contributed by atoms with Gasteiger partial charge in [-0.25, -0.2) is 0 Å². The van der Waals surface area contributed by atoms with Crippen molar-refractivity contribution >= 4 is 96.8 Å². The molecule has 0 bridgehead atoms. The van der Waals surface area contributed by atoms with Crippen LogP contribution in [0.25, 0.3) is 0 Å². The monoisotopic (exact) mass is 1980 g/mol. The second-order valence-electron chi connectivity index (χ2n) is 33.8. The predicted octanol–water partition coefficient (Wildman–Crippen LogP) is 17.0. The highest BCUT2D eigenvalue weighted by Crippen LogP contribution is 2.33. The molecular weight excluding hydrogens is 1820 g/mol. The van der Waals surface area contributed by atoms with Crippen molar-refractivity contribution in [3.63, 3.8) is 0 Å². The van der Waals surface area contributed by atoms with Gasteiger partial charge in [0.1, 0.15) is 39.9 Å². The topological polar surface area (TPSA) is 577 Å². The number of aromatic nitrogens is 1. The van der Waals surface area contributed by atoms with E-state index in [9.17, 15) is 65.5 Å². The van der Waals surface area contributed by atoms with Gasteiger partial charge in [-0.05, 0) is 226 Å². The predicted molar refractivity (Wildman–Crippen MR) is 570 cm³/mol. The molecule has 0 amide bonds. The first kappa shape index (κ1) is 124. The number of aryl methyl sites for hydroxylation is 1. The molecule has 0 spiro atoms. The molecule has 0 aliphatic heterocycles.